The van der Waals surface area contributed by atoms with Gasteiger partial charge in [-0.3, -0.25) is 19.2 Å². The molecule has 0 radical (unpaired) electrons. The summed E-state index contributed by atoms with van der Waals surface area (Å²) >= 11 is 14.2. The number of thiazole rings is 1. The normalized spacial score (nSPS) is 19.6. The van der Waals surface area contributed by atoms with Gasteiger partial charge in [-0.15, -0.1) is 0 Å². The lowest BCUT2D eigenvalue weighted by atomic mass is 9.83. The largest absolute Gasteiger partial charge is 0.484 e. The van der Waals surface area contributed by atoms with Gasteiger partial charge in [0.25, 0.3) is 5.91 Å². The number of carbonyl (C=O) groups excluding carboxylic acids is 3. The van der Waals surface area contributed by atoms with Crippen molar-refractivity contribution in [2.45, 2.75) is 23.1 Å². The van der Waals surface area contributed by atoms with Gasteiger partial charge in [-0.2, -0.15) is 0 Å². The first-order valence-electron chi connectivity index (χ1n) is 12.5. The molecule has 12 heteroatoms. The van der Waals surface area contributed by atoms with Gasteiger partial charge in [-0.05, 0) is 55.0 Å². The second-order valence-electron chi connectivity index (χ2n) is 9.63. The molecule has 2 aliphatic rings. The number of anilines is 2. The number of H-pyrrole nitrogens is 1. The molecule has 2 aliphatic heterocycles. The number of hydrogen-bond acceptors (Lipinski definition) is 7. The second kappa shape index (κ2) is 11.0. The molecule has 6 rings (SSSR count). The minimum Gasteiger partial charge on any atom is -0.484 e. The van der Waals surface area contributed by atoms with Gasteiger partial charge in [-0.1, -0.05) is 76.1 Å². The number of rotatable bonds is 6. The molecule has 8 nitrogen and oxygen atoms in total. The number of nitrogens with one attached hydrogen (secondary N) is 2. The summed E-state index contributed by atoms with van der Waals surface area (Å²) < 4.78 is 5.66. The average Bonchev–Trinajstić information content (AvgIpc) is 3.44. The smallest absolute Gasteiger partial charge is 0.305 e. The van der Waals surface area contributed by atoms with Crippen LogP contribution in [0.1, 0.15) is 21.9 Å². The Kier molecular flexibility index (Phi) is 7.41. The molecule has 3 atom stereocenters. The first-order chi connectivity index (χ1) is 19.7. The van der Waals surface area contributed by atoms with Crippen LogP contribution in [0.5, 0.6) is 5.75 Å². The van der Waals surface area contributed by atoms with Crippen LogP contribution in [0, 0.1) is 12.8 Å². The summed E-state index contributed by atoms with van der Waals surface area (Å²) in [7, 11) is 0. The van der Waals surface area contributed by atoms with E-state index >= 15 is 0 Å². The molecule has 0 bridgehead atoms. The number of aromatic amines is 1. The lowest BCUT2D eigenvalue weighted by Gasteiger charge is -2.29. The number of hydrogen-bond donors (Lipinski definition) is 2. The summed E-state index contributed by atoms with van der Waals surface area (Å²) in [6.07, 6.45) is 0. The minimum absolute atomic E-state index is 0.240. The van der Waals surface area contributed by atoms with E-state index in [4.69, 9.17) is 27.9 Å². The van der Waals surface area contributed by atoms with Crippen LogP contribution in [-0.2, 0) is 14.4 Å². The number of benzene rings is 3. The monoisotopic (exact) mass is 625 g/mol. The molecular weight excluding hydrogens is 605 g/mol. The zero-order chi connectivity index (χ0) is 28.8. The Morgan fingerprint density at radius 1 is 0.976 bits per heavy atom. The van der Waals surface area contributed by atoms with Gasteiger partial charge >= 0.3 is 4.87 Å². The van der Waals surface area contributed by atoms with Gasteiger partial charge in [0.2, 0.25) is 11.8 Å². The number of carbonyl (C=O) groups is 3. The summed E-state index contributed by atoms with van der Waals surface area (Å²) in [5.41, 5.74) is 2.80. The molecule has 0 aliphatic carbocycles. The van der Waals surface area contributed by atoms with E-state index in [0.717, 1.165) is 27.3 Å². The zero-order valence-corrected chi connectivity index (χ0v) is 24.5. The number of ether oxygens (including phenoxy) is 1. The molecule has 3 heterocycles. The SMILES string of the molecule is Cc1ccc(N2C(=O)C3Sc4[nH]c(=O)sc4C(c4ccc(OCC(=O)Nc5ccc(Cl)c(Cl)c5)cc4)C3C2=O)cc1. The van der Waals surface area contributed by atoms with Crippen molar-refractivity contribution >= 4 is 75.4 Å². The van der Waals surface area contributed by atoms with Crippen molar-refractivity contribution < 1.29 is 19.1 Å². The number of imide groups is 1. The highest BCUT2D eigenvalue weighted by molar-refractivity contribution is 8.00. The summed E-state index contributed by atoms with van der Waals surface area (Å²) in [4.78, 5) is 56.6. The minimum atomic E-state index is -0.684. The number of nitrogens with zero attached hydrogens (tertiary/aromatic N) is 1. The number of aryl methyl sites for hydroxylation is 1. The Hall–Kier alpha value is -3.57. The fourth-order valence-electron chi connectivity index (χ4n) is 5.02. The fraction of sp³-hybridized carbons (Fsp3) is 0.172. The van der Waals surface area contributed by atoms with Crippen LogP contribution in [0.4, 0.5) is 11.4 Å². The van der Waals surface area contributed by atoms with E-state index in [1.54, 1.807) is 54.6 Å². The zero-order valence-electron chi connectivity index (χ0n) is 21.4. The molecule has 3 aromatic carbocycles. The molecule has 208 valence electrons. The summed E-state index contributed by atoms with van der Waals surface area (Å²) in [5, 5.41) is 3.34. The van der Waals surface area contributed by atoms with E-state index in [1.807, 2.05) is 19.1 Å². The molecular formula is C29H21Cl2N3O5S2. The van der Waals surface area contributed by atoms with Gasteiger partial charge in [0, 0.05) is 16.5 Å². The number of aromatic nitrogens is 1. The third-order valence-electron chi connectivity index (χ3n) is 6.93. The third-order valence-corrected chi connectivity index (χ3v) is 10.1. The Bertz CT molecular complexity index is 1740. The molecule has 41 heavy (non-hydrogen) atoms. The van der Waals surface area contributed by atoms with Crippen molar-refractivity contribution in [3.63, 3.8) is 0 Å². The summed E-state index contributed by atoms with van der Waals surface area (Å²) in [5.74, 6) is -1.72. The highest BCUT2D eigenvalue weighted by Gasteiger charge is 2.56. The van der Waals surface area contributed by atoms with E-state index < -0.39 is 17.1 Å². The van der Waals surface area contributed by atoms with Crippen LogP contribution in [-0.4, -0.2) is 34.6 Å². The number of fused-ring (bicyclic) bond motifs is 2. The van der Waals surface area contributed by atoms with Crippen molar-refractivity contribution in [1.82, 2.24) is 4.98 Å². The van der Waals surface area contributed by atoms with Crippen molar-refractivity contribution in [2.75, 3.05) is 16.8 Å². The van der Waals surface area contributed by atoms with Gasteiger partial charge in [-0.25, -0.2) is 4.90 Å². The highest BCUT2D eigenvalue weighted by Crippen LogP contribution is 2.53. The van der Waals surface area contributed by atoms with E-state index in [-0.39, 0.29) is 29.2 Å². The molecule has 1 fully saturated rings. The van der Waals surface area contributed by atoms with Gasteiger partial charge < -0.3 is 15.0 Å². The Morgan fingerprint density at radius 3 is 2.41 bits per heavy atom. The van der Waals surface area contributed by atoms with Crippen LogP contribution in [0.2, 0.25) is 10.0 Å². The van der Waals surface area contributed by atoms with Crippen LogP contribution < -0.4 is 19.8 Å². The lowest BCUT2D eigenvalue weighted by Crippen LogP contribution is -2.32. The Labute approximate surface area is 252 Å². The maximum atomic E-state index is 13.8. The van der Waals surface area contributed by atoms with E-state index in [2.05, 4.69) is 10.3 Å². The van der Waals surface area contributed by atoms with E-state index in [1.165, 1.54) is 16.7 Å². The lowest BCUT2D eigenvalue weighted by molar-refractivity contribution is -0.122. The third kappa shape index (κ3) is 5.28. The van der Waals surface area contributed by atoms with E-state index in [0.29, 0.717) is 32.2 Å². The predicted molar refractivity (Wildman–Crippen MR) is 161 cm³/mol. The van der Waals surface area contributed by atoms with Crippen LogP contribution in [0.15, 0.2) is 76.6 Å². The van der Waals surface area contributed by atoms with Crippen LogP contribution in [0.25, 0.3) is 0 Å². The molecule has 0 saturated carbocycles. The second-order valence-corrected chi connectivity index (χ2v) is 12.6. The standard InChI is InChI=1S/C29H21Cl2N3O5S2/c1-14-2-7-17(8-3-14)34-27(36)23-22(24-26(33-29(38)41-24)40-25(23)28(34)37)15-4-9-18(10-5-15)39-13-21(35)32-16-6-11-19(30)20(31)12-16/h2-12,22-23,25H,13H2,1H3,(H,32,35)(H,33,38). The maximum Gasteiger partial charge on any atom is 0.305 e. The molecule has 0 spiro atoms. The molecule has 1 aromatic heterocycles. The van der Waals surface area contributed by atoms with Gasteiger partial charge in [0.1, 0.15) is 11.0 Å². The first-order valence-corrected chi connectivity index (χ1v) is 15.0. The van der Waals surface area contributed by atoms with Crippen molar-refractivity contribution in [2.24, 2.45) is 5.92 Å². The Morgan fingerprint density at radius 2 is 1.71 bits per heavy atom. The summed E-state index contributed by atoms with van der Waals surface area (Å²) in [6.45, 7) is 1.69. The number of amides is 3. The highest BCUT2D eigenvalue weighted by atomic mass is 35.5. The quantitative estimate of drug-likeness (QED) is 0.260. The Balaban J connectivity index is 1.23. The molecule has 2 N–H and O–H groups in total. The van der Waals surface area contributed by atoms with Gasteiger partial charge in [0.05, 0.1) is 26.7 Å². The molecule has 1 saturated heterocycles. The average molecular weight is 627 g/mol. The van der Waals surface area contributed by atoms with E-state index in [9.17, 15) is 19.2 Å². The number of thioether (sulfide) groups is 1. The topological polar surface area (TPSA) is 109 Å². The maximum absolute atomic E-state index is 13.8. The fourth-order valence-corrected chi connectivity index (χ4v) is 7.83. The predicted octanol–water partition coefficient (Wildman–Crippen LogP) is 5.86. The molecule has 4 aromatic rings. The molecule has 3 unspecified atom stereocenters. The molecule has 3 amide bonds. The summed E-state index contributed by atoms with van der Waals surface area (Å²) in [6, 6.07) is 19.0. The van der Waals surface area contributed by atoms with Crippen molar-refractivity contribution in [1.29, 1.82) is 0 Å². The van der Waals surface area contributed by atoms with Gasteiger partial charge in [0.15, 0.2) is 6.61 Å². The van der Waals surface area contributed by atoms with Crippen molar-refractivity contribution in [3.05, 3.63) is 102 Å². The van der Waals surface area contributed by atoms with Crippen LogP contribution >= 0.6 is 46.3 Å². The number of halogens is 2. The van der Waals surface area contributed by atoms with Crippen molar-refractivity contribution in [3.8, 4) is 5.75 Å². The first kappa shape index (κ1) is 27.6. The van der Waals surface area contributed by atoms with Crippen LogP contribution in [0.3, 0.4) is 0 Å².